The van der Waals surface area contributed by atoms with Crippen LogP contribution in [0.1, 0.15) is 28.8 Å². The van der Waals surface area contributed by atoms with Gasteiger partial charge in [0.25, 0.3) is 0 Å². The van der Waals surface area contributed by atoms with Crippen molar-refractivity contribution < 1.29 is 0 Å². The molecule has 0 bridgehead atoms. The molecule has 0 radical (unpaired) electrons. The average Bonchev–Trinajstić information content (AvgIpc) is 2.93. The molecule has 1 aromatic carbocycles. The molecule has 0 aliphatic heterocycles. The molecule has 2 nitrogen and oxygen atoms in total. The summed E-state index contributed by atoms with van der Waals surface area (Å²) in [5.41, 5.74) is 4.55. The first-order valence-electron chi connectivity index (χ1n) is 6.45. The minimum absolute atomic E-state index is 0.538. The van der Waals surface area contributed by atoms with E-state index in [0.29, 0.717) is 5.69 Å². The molecule has 0 amide bonds. The van der Waals surface area contributed by atoms with Gasteiger partial charge in [-0.2, -0.15) is 5.26 Å². The topological polar surface area (TPSA) is 36.7 Å². The summed E-state index contributed by atoms with van der Waals surface area (Å²) in [5, 5.41) is 9.02. The average molecular weight is 266 g/mol. The summed E-state index contributed by atoms with van der Waals surface area (Å²) in [7, 11) is 0. The summed E-state index contributed by atoms with van der Waals surface area (Å²) >= 11 is 1.78. The van der Waals surface area contributed by atoms with Crippen LogP contribution in [0.4, 0.5) is 0 Å². The number of nitriles is 1. The van der Waals surface area contributed by atoms with Crippen LogP contribution in [0.25, 0.3) is 0 Å². The highest BCUT2D eigenvalue weighted by Crippen LogP contribution is 2.29. The van der Waals surface area contributed by atoms with E-state index in [2.05, 4.69) is 29.3 Å². The Labute approximate surface area is 117 Å². The molecule has 0 atom stereocenters. The maximum atomic E-state index is 9.02. The van der Waals surface area contributed by atoms with Crippen molar-refractivity contribution in [2.24, 2.45) is 0 Å². The van der Waals surface area contributed by atoms with Crippen LogP contribution in [0.2, 0.25) is 0 Å². The summed E-state index contributed by atoms with van der Waals surface area (Å²) in [4.78, 5) is 5.38. The number of fused-ring (bicyclic) bond motifs is 1. The van der Waals surface area contributed by atoms with Gasteiger partial charge in [0, 0.05) is 16.8 Å². The van der Waals surface area contributed by atoms with E-state index in [-0.39, 0.29) is 0 Å². The molecule has 3 rings (SSSR count). The number of aromatic nitrogens is 1. The zero-order valence-electron chi connectivity index (χ0n) is 10.6. The predicted molar refractivity (Wildman–Crippen MR) is 77.0 cm³/mol. The van der Waals surface area contributed by atoms with Gasteiger partial charge in [-0.05, 0) is 54.2 Å². The third-order valence-electron chi connectivity index (χ3n) is 3.46. The summed E-state index contributed by atoms with van der Waals surface area (Å²) in [5.74, 6) is 0.801. The van der Waals surface area contributed by atoms with Gasteiger partial charge in [0.05, 0.1) is 0 Å². The van der Waals surface area contributed by atoms with E-state index in [1.807, 2.05) is 12.1 Å². The molecule has 0 fully saturated rings. The van der Waals surface area contributed by atoms with Crippen molar-refractivity contribution in [3.63, 3.8) is 0 Å². The lowest BCUT2D eigenvalue weighted by molar-refractivity contribution is 0.911. The van der Waals surface area contributed by atoms with E-state index in [1.54, 1.807) is 18.0 Å². The fraction of sp³-hybridized carbons (Fsp3) is 0.250. The molecular weight excluding hydrogens is 252 g/mol. The Morgan fingerprint density at radius 1 is 1.21 bits per heavy atom. The Hall–Kier alpha value is -1.79. The number of benzene rings is 1. The normalized spacial score (nSPS) is 13.0. The molecule has 0 spiro atoms. The quantitative estimate of drug-likeness (QED) is 0.794. The number of rotatable bonds is 3. The molecule has 0 saturated carbocycles. The lowest BCUT2D eigenvalue weighted by Crippen LogP contribution is -1.91. The van der Waals surface area contributed by atoms with Crippen molar-refractivity contribution in [2.75, 3.05) is 0 Å². The molecule has 0 N–H and O–H groups in total. The van der Waals surface area contributed by atoms with E-state index in [9.17, 15) is 0 Å². The molecule has 2 aromatic rings. The van der Waals surface area contributed by atoms with Gasteiger partial charge in [0.2, 0.25) is 0 Å². The number of hydrogen-bond acceptors (Lipinski definition) is 3. The molecule has 0 unspecified atom stereocenters. The standard InChI is InChI=1S/C16H14N2S/c17-10-16-14(5-2-8-18-16)11-19-15-7-6-12-3-1-4-13(12)9-15/h2,5-9H,1,3-4,11H2. The van der Waals surface area contributed by atoms with E-state index < -0.39 is 0 Å². The van der Waals surface area contributed by atoms with E-state index >= 15 is 0 Å². The van der Waals surface area contributed by atoms with Crippen LogP contribution in [0.3, 0.4) is 0 Å². The summed E-state index contributed by atoms with van der Waals surface area (Å²) in [6.45, 7) is 0. The van der Waals surface area contributed by atoms with Gasteiger partial charge < -0.3 is 0 Å². The molecule has 1 aromatic heterocycles. The number of nitrogens with zero attached hydrogens (tertiary/aromatic N) is 2. The fourth-order valence-corrected chi connectivity index (χ4v) is 3.40. The second-order valence-electron chi connectivity index (χ2n) is 4.70. The van der Waals surface area contributed by atoms with Crippen LogP contribution < -0.4 is 0 Å². The number of thioether (sulfide) groups is 1. The van der Waals surface area contributed by atoms with Crippen molar-refractivity contribution in [1.29, 1.82) is 5.26 Å². The van der Waals surface area contributed by atoms with Crippen LogP contribution >= 0.6 is 11.8 Å². The smallest absolute Gasteiger partial charge is 0.144 e. The molecule has 3 heteroatoms. The summed E-state index contributed by atoms with van der Waals surface area (Å²) < 4.78 is 0. The van der Waals surface area contributed by atoms with E-state index in [1.165, 1.54) is 35.3 Å². The van der Waals surface area contributed by atoms with Crippen molar-refractivity contribution in [3.05, 3.63) is 58.9 Å². The second kappa shape index (κ2) is 5.46. The maximum absolute atomic E-state index is 9.02. The Morgan fingerprint density at radius 3 is 3.00 bits per heavy atom. The van der Waals surface area contributed by atoms with Crippen molar-refractivity contribution in [2.45, 2.75) is 29.9 Å². The largest absolute Gasteiger partial charge is 0.245 e. The SMILES string of the molecule is N#Cc1ncccc1CSc1ccc2c(c1)CCC2. The van der Waals surface area contributed by atoms with Gasteiger partial charge in [-0.3, -0.25) is 0 Å². The molecule has 19 heavy (non-hydrogen) atoms. The Balaban J connectivity index is 1.74. The monoisotopic (exact) mass is 266 g/mol. The fourth-order valence-electron chi connectivity index (χ4n) is 2.45. The highest BCUT2D eigenvalue weighted by molar-refractivity contribution is 7.98. The van der Waals surface area contributed by atoms with E-state index in [4.69, 9.17) is 5.26 Å². The molecule has 1 heterocycles. The molecule has 1 aliphatic rings. The van der Waals surface area contributed by atoms with E-state index in [0.717, 1.165) is 11.3 Å². The van der Waals surface area contributed by atoms with Crippen LogP contribution in [0.5, 0.6) is 0 Å². The molecule has 1 aliphatic carbocycles. The Kier molecular flexibility index (Phi) is 3.52. The summed E-state index contributed by atoms with van der Waals surface area (Å²) in [6, 6.07) is 12.8. The van der Waals surface area contributed by atoms with Crippen molar-refractivity contribution in [3.8, 4) is 6.07 Å². The number of pyridine rings is 1. The van der Waals surface area contributed by atoms with Gasteiger partial charge in [0.15, 0.2) is 0 Å². The number of aryl methyl sites for hydroxylation is 2. The predicted octanol–water partition coefficient (Wildman–Crippen LogP) is 3.73. The van der Waals surface area contributed by atoms with Gasteiger partial charge in [-0.1, -0.05) is 12.1 Å². The third-order valence-corrected chi connectivity index (χ3v) is 4.50. The molecule has 0 saturated heterocycles. The first kappa shape index (κ1) is 12.3. The Bertz CT molecular complexity index is 643. The van der Waals surface area contributed by atoms with Crippen LogP contribution in [0, 0.1) is 11.3 Å². The lowest BCUT2D eigenvalue weighted by Gasteiger charge is -2.05. The van der Waals surface area contributed by atoms with Crippen LogP contribution in [0.15, 0.2) is 41.4 Å². The third kappa shape index (κ3) is 2.64. The van der Waals surface area contributed by atoms with Gasteiger partial charge >= 0.3 is 0 Å². The summed E-state index contributed by atoms with van der Waals surface area (Å²) in [6.07, 6.45) is 5.38. The molecular formula is C16H14N2S. The minimum Gasteiger partial charge on any atom is -0.245 e. The van der Waals surface area contributed by atoms with Gasteiger partial charge in [-0.15, -0.1) is 11.8 Å². The zero-order chi connectivity index (χ0) is 13.1. The second-order valence-corrected chi connectivity index (χ2v) is 5.74. The van der Waals surface area contributed by atoms with Crippen LogP contribution in [-0.4, -0.2) is 4.98 Å². The Morgan fingerprint density at radius 2 is 2.11 bits per heavy atom. The van der Waals surface area contributed by atoms with Gasteiger partial charge in [-0.25, -0.2) is 4.98 Å². The molecule has 94 valence electrons. The number of hydrogen-bond donors (Lipinski definition) is 0. The highest BCUT2D eigenvalue weighted by Gasteiger charge is 2.11. The first-order chi connectivity index (χ1) is 9.36. The minimum atomic E-state index is 0.538. The lowest BCUT2D eigenvalue weighted by atomic mass is 10.1. The highest BCUT2D eigenvalue weighted by atomic mass is 32.2. The van der Waals surface area contributed by atoms with Crippen LogP contribution in [-0.2, 0) is 18.6 Å². The van der Waals surface area contributed by atoms with Gasteiger partial charge in [0.1, 0.15) is 11.8 Å². The van der Waals surface area contributed by atoms with Crippen molar-refractivity contribution in [1.82, 2.24) is 4.98 Å². The maximum Gasteiger partial charge on any atom is 0.144 e. The zero-order valence-corrected chi connectivity index (χ0v) is 11.4. The first-order valence-corrected chi connectivity index (χ1v) is 7.44. The van der Waals surface area contributed by atoms with Crippen molar-refractivity contribution >= 4 is 11.8 Å².